The van der Waals surface area contributed by atoms with Gasteiger partial charge in [-0.05, 0) is 0 Å². The van der Waals surface area contributed by atoms with Crippen LogP contribution in [0, 0.1) is 0 Å². The summed E-state index contributed by atoms with van der Waals surface area (Å²) >= 11 is 0. The molecule has 0 saturated heterocycles. The van der Waals surface area contributed by atoms with Crippen molar-refractivity contribution in [2.24, 2.45) is 5.73 Å². The van der Waals surface area contributed by atoms with Crippen LogP contribution in [-0.2, 0) is 19.1 Å². The molecule has 0 aliphatic heterocycles. The van der Waals surface area contributed by atoms with E-state index in [-0.39, 0.29) is 6.54 Å². The number of carboxylic acid groups (broad SMARTS) is 1. The van der Waals surface area contributed by atoms with Crippen molar-refractivity contribution in [2.75, 3.05) is 13.7 Å². The molecule has 0 aromatic rings. The molecule has 0 fully saturated rings. The Morgan fingerprint density at radius 2 is 2.07 bits per heavy atom. The van der Waals surface area contributed by atoms with E-state index in [4.69, 9.17) is 10.8 Å². The number of methoxy groups -OCH3 is 1. The normalized spacial score (nSPS) is 11.6. The summed E-state index contributed by atoms with van der Waals surface area (Å²) in [7, 11) is 1.17. The third kappa shape index (κ3) is 5.09. The second-order valence-corrected chi connectivity index (χ2v) is 2.50. The molecule has 4 N–H and O–H groups in total. The van der Waals surface area contributed by atoms with Crippen LogP contribution < -0.4 is 11.1 Å². The van der Waals surface area contributed by atoms with Crippen molar-refractivity contribution in [1.29, 1.82) is 0 Å². The van der Waals surface area contributed by atoms with Gasteiger partial charge >= 0.3 is 11.9 Å². The minimum absolute atomic E-state index is 0.317. The first-order valence-electron chi connectivity index (χ1n) is 3.79. The minimum atomic E-state index is -1.18. The summed E-state index contributed by atoms with van der Waals surface area (Å²) in [6.45, 7) is -0.317. The molecule has 1 atom stereocenters. The standard InChI is InChI=1S/C7H12N2O5/c1-14-6(12)3-9-7(13)4(8)2-5(10)11/h4H,2-3,8H2,1H3,(H,9,13)(H,10,11)/t4-/m0/s1. The van der Waals surface area contributed by atoms with Crippen LogP contribution in [-0.4, -0.2) is 42.6 Å². The minimum Gasteiger partial charge on any atom is -0.481 e. The predicted octanol–water partition coefficient (Wildman–Crippen LogP) is -1.92. The van der Waals surface area contributed by atoms with Crippen molar-refractivity contribution in [2.45, 2.75) is 12.5 Å². The van der Waals surface area contributed by atoms with E-state index >= 15 is 0 Å². The summed E-state index contributed by atoms with van der Waals surface area (Å²) in [5.41, 5.74) is 5.20. The second kappa shape index (κ2) is 5.92. The van der Waals surface area contributed by atoms with E-state index in [0.29, 0.717) is 0 Å². The fourth-order valence-corrected chi connectivity index (χ4v) is 0.643. The van der Waals surface area contributed by atoms with Crippen LogP contribution in [0.1, 0.15) is 6.42 Å². The molecule has 0 aliphatic rings. The van der Waals surface area contributed by atoms with Crippen LogP contribution in [0.2, 0.25) is 0 Å². The highest BCUT2D eigenvalue weighted by Gasteiger charge is 2.17. The van der Waals surface area contributed by atoms with Crippen molar-refractivity contribution < 1.29 is 24.2 Å². The largest absolute Gasteiger partial charge is 0.481 e. The maximum absolute atomic E-state index is 11.0. The Kier molecular flexibility index (Phi) is 5.23. The molecule has 1 amide bonds. The topological polar surface area (TPSA) is 119 Å². The van der Waals surface area contributed by atoms with E-state index < -0.39 is 30.3 Å². The summed E-state index contributed by atoms with van der Waals surface area (Å²) in [5.74, 6) is -2.50. The smallest absolute Gasteiger partial charge is 0.325 e. The summed E-state index contributed by atoms with van der Waals surface area (Å²) in [4.78, 5) is 31.7. The Morgan fingerprint density at radius 3 is 2.50 bits per heavy atom. The van der Waals surface area contributed by atoms with Crippen LogP contribution in [0.3, 0.4) is 0 Å². The van der Waals surface area contributed by atoms with Crippen LogP contribution in [0.15, 0.2) is 0 Å². The van der Waals surface area contributed by atoms with Crippen molar-refractivity contribution in [3.8, 4) is 0 Å². The van der Waals surface area contributed by atoms with Gasteiger partial charge in [-0.1, -0.05) is 0 Å². The van der Waals surface area contributed by atoms with Crippen LogP contribution in [0.5, 0.6) is 0 Å². The van der Waals surface area contributed by atoms with Gasteiger partial charge in [0.1, 0.15) is 6.54 Å². The molecule has 0 aromatic carbocycles. The third-order valence-electron chi connectivity index (χ3n) is 1.37. The molecule has 7 nitrogen and oxygen atoms in total. The first kappa shape index (κ1) is 12.4. The third-order valence-corrected chi connectivity index (χ3v) is 1.37. The van der Waals surface area contributed by atoms with Gasteiger partial charge in [-0.15, -0.1) is 0 Å². The van der Waals surface area contributed by atoms with Gasteiger partial charge < -0.3 is 20.9 Å². The van der Waals surface area contributed by atoms with E-state index in [1.165, 1.54) is 7.11 Å². The molecule has 7 heteroatoms. The average molecular weight is 204 g/mol. The lowest BCUT2D eigenvalue weighted by Gasteiger charge is -2.08. The number of ether oxygens (including phenoxy) is 1. The maximum Gasteiger partial charge on any atom is 0.325 e. The first-order valence-corrected chi connectivity index (χ1v) is 3.79. The van der Waals surface area contributed by atoms with E-state index in [9.17, 15) is 14.4 Å². The molecule has 0 aromatic heterocycles. The zero-order valence-corrected chi connectivity index (χ0v) is 7.65. The maximum atomic E-state index is 11.0. The zero-order valence-electron chi connectivity index (χ0n) is 7.65. The molecular weight excluding hydrogens is 192 g/mol. The fraction of sp³-hybridized carbons (Fsp3) is 0.571. The van der Waals surface area contributed by atoms with E-state index in [1.807, 2.05) is 0 Å². The predicted molar refractivity (Wildman–Crippen MR) is 45.3 cm³/mol. The number of rotatable bonds is 5. The number of nitrogens with two attached hydrogens (primary N) is 1. The summed E-state index contributed by atoms with van der Waals surface area (Å²) < 4.78 is 4.25. The molecule has 0 radical (unpaired) electrons. The number of amides is 1. The van der Waals surface area contributed by atoms with E-state index in [1.54, 1.807) is 0 Å². The molecule has 80 valence electrons. The Labute approximate surface area is 80.2 Å². The number of hydrogen-bond donors (Lipinski definition) is 3. The Balaban J connectivity index is 3.84. The number of nitrogens with one attached hydrogen (secondary N) is 1. The Hall–Kier alpha value is -1.63. The lowest BCUT2D eigenvalue weighted by atomic mass is 10.2. The number of carboxylic acids is 1. The molecular formula is C7H12N2O5. The lowest BCUT2D eigenvalue weighted by Crippen LogP contribution is -2.43. The number of hydrogen-bond acceptors (Lipinski definition) is 5. The highest BCUT2D eigenvalue weighted by atomic mass is 16.5. The van der Waals surface area contributed by atoms with Gasteiger partial charge in [0.2, 0.25) is 5.91 Å². The zero-order chi connectivity index (χ0) is 11.1. The van der Waals surface area contributed by atoms with Crippen LogP contribution in [0.4, 0.5) is 0 Å². The number of aliphatic carboxylic acids is 1. The van der Waals surface area contributed by atoms with Gasteiger partial charge in [0.05, 0.1) is 19.6 Å². The molecule has 0 bridgehead atoms. The number of carbonyl (C=O) groups excluding carboxylic acids is 2. The van der Waals surface area contributed by atoms with Gasteiger partial charge in [0, 0.05) is 0 Å². The highest BCUT2D eigenvalue weighted by molar-refractivity contribution is 5.88. The van der Waals surface area contributed by atoms with E-state index in [2.05, 4.69) is 10.1 Å². The second-order valence-electron chi connectivity index (χ2n) is 2.50. The number of carbonyl (C=O) groups is 3. The first-order chi connectivity index (χ1) is 6.47. The average Bonchev–Trinajstić information content (AvgIpc) is 2.12. The van der Waals surface area contributed by atoms with Gasteiger partial charge in [-0.25, -0.2) is 0 Å². The Bertz CT molecular complexity index is 240. The Morgan fingerprint density at radius 1 is 1.50 bits per heavy atom. The monoisotopic (exact) mass is 204 g/mol. The van der Waals surface area contributed by atoms with Gasteiger partial charge in [0.15, 0.2) is 0 Å². The molecule has 0 rings (SSSR count). The van der Waals surface area contributed by atoms with Gasteiger partial charge in [-0.3, -0.25) is 14.4 Å². The van der Waals surface area contributed by atoms with Crippen molar-refractivity contribution in [3.05, 3.63) is 0 Å². The molecule has 14 heavy (non-hydrogen) atoms. The van der Waals surface area contributed by atoms with Crippen LogP contribution >= 0.6 is 0 Å². The quantitative estimate of drug-likeness (QED) is 0.449. The fourth-order valence-electron chi connectivity index (χ4n) is 0.643. The molecule has 0 saturated carbocycles. The SMILES string of the molecule is COC(=O)CNC(=O)[C@@H](N)CC(=O)O. The van der Waals surface area contributed by atoms with Crippen molar-refractivity contribution in [1.82, 2.24) is 5.32 Å². The molecule has 0 unspecified atom stereocenters. The molecule has 0 aliphatic carbocycles. The molecule has 0 heterocycles. The summed E-state index contributed by atoms with van der Waals surface area (Å²) in [6.07, 6.45) is -0.479. The van der Waals surface area contributed by atoms with Crippen molar-refractivity contribution >= 4 is 17.8 Å². The van der Waals surface area contributed by atoms with Crippen LogP contribution in [0.25, 0.3) is 0 Å². The highest BCUT2D eigenvalue weighted by Crippen LogP contribution is 1.87. The van der Waals surface area contributed by atoms with Crippen molar-refractivity contribution in [3.63, 3.8) is 0 Å². The summed E-state index contributed by atoms with van der Waals surface area (Å²) in [6, 6.07) is -1.16. The van der Waals surface area contributed by atoms with Gasteiger partial charge in [-0.2, -0.15) is 0 Å². The summed E-state index contributed by atoms with van der Waals surface area (Å²) in [5, 5.41) is 10.4. The lowest BCUT2D eigenvalue weighted by molar-refractivity contribution is -0.141. The molecule has 0 spiro atoms. The van der Waals surface area contributed by atoms with E-state index in [0.717, 1.165) is 0 Å². The van der Waals surface area contributed by atoms with Gasteiger partial charge in [0.25, 0.3) is 0 Å². The number of esters is 1.